The monoisotopic (exact) mass is 361 g/mol. The Balaban J connectivity index is 1.60. The van der Waals surface area contributed by atoms with Gasteiger partial charge in [-0.25, -0.2) is 0 Å². The van der Waals surface area contributed by atoms with Crippen molar-refractivity contribution < 1.29 is 4.79 Å². The second kappa shape index (κ2) is 4.59. The lowest BCUT2D eigenvalue weighted by molar-refractivity contribution is -0.114. The molecule has 4 bridgehead atoms. The maximum absolute atomic E-state index is 12.7. The molecular formula is C19H24BrNO. The molecule has 0 aliphatic heterocycles. The molecule has 0 radical (unpaired) electrons. The highest BCUT2D eigenvalue weighted by molar-refractivity contribution is 9.10. The van der Waals surface area contributed by atoms with Crippen LogP contribution in [0, 0.1) is 16.7 Å². The molecular weight excluding hydrogens is 338 g/mol. The molecule has 1 amide bonds. The van der Waals surface area contributed by atoms with Gasteiger partial charge in [0.1, 0.15) is 0 Å². The molecule has 0 saturated heterocycles. The van der Waals surface area contributed by atoms with Crippen molar-refractivity contribution in [1.29, 1.82) is 0 Å². The summed E-state index contributed by atoms with van der Waals surface area (Å²) >= 11 is 3.43. The van der Waals surface area contributed by atoms with Gasteiger partial charge in [0.15, 0.2) is 0 Å². The summed E-state index contributed by atoms with van der Waals surface area (Å²) in [5, 5.41) is 3.46. The van der Waals surface area contributed by atoms with E-state index in [0.29, 0.717) is 10.8 Å². The van der Waals surface area contributed by atoms with E-state index in [1.807, 2.05) is 24.3 Å². The zero-order valence-electron chi connectivity index (χ0n) is 13.4. The van der Waals surface area contributed by atoms with E-state index in [1.165, 1.54) is 25.7 Å². The first-order valence-corrected chi connectivity index (χ1v) is 9.16. The Morgan fingerprint density at radius 1 is 1.05 bits per heavy atom. The molecule has 1 N–H and O–H groups in total. The number of halogens is 1. The van der Waals surface area contributed by atoms with Crippen LogP contribution in [-0.2, 0) is 0 Å². The smallest absolute Gasteiger partial charge is 0.251 e. The van der Waals surface area contributed by atoms with Crippen molar-refractivity contribution in [3.05, 3.63) is 34.3 Å². The van der Waals surface area contributed by atoms with Crippen molar-refractivity contribution in [3.8, 4) is 0 Å². The van der Waals surface area contributed by atoms with E-state index in [1.54, 1.807) is 0 Å². The molecule has 118 valence electrons. The van der Waals surface area contributed by atoms with Crippen LogP contribution >= 0.6 is 15.9 Å². The average molecular weight is 362 g/mol. The molecule has 22 heavy (non-hydrogen) atoms. The van der Waals surface area contributed by atoms with E-state index in [2.05, 4.69) is 35.1 Å². The molecule has 4 saturated carbocycles. The summed E-state index contributed by atoms with van der Waals surface area (Å²) in [6.45, 7) is 4.88. The summed E-state index contributed by atoms with van der Waals surface area (Å²) < 4.78 is 1.01. The van der Waals surface area contributed by atoms with Crippen LogP contribution in [0.3, 0.4) is 0 Å². The summed E-state index contributed by atoms with van der Waals surface area (Å²) in [7, 11) is 0. The number of hydrogen-bond donors (Lipinski definition) is 1. The fourth-order valence-corrected chi connectivity index (χ4v) is 6.77. The molecule has 3 heteroatoms. The van der Waals surface area contributed by atoms with Crippen molar-refractivity contribution in [1.82, 2.24) is 5.32 Å². The first-order valence-electron chi connectivity index (χ1n) is 8.37. The lowest BCUT2D eigenvalue weighted by Crippen LogP contribution is -2.65. The van der Waals surface area contributed by atoms with Crippen LogP contribution in [0.1, 0.15) is 62.7 Å². The standard InChI is InChI=1S/C19H24BrNO/c1-17-7-13-8-18(2,10-17)12-19(9-13,11-17)21-16(22)14-3-5-15(20)6-4-14/h3-6,13H,7-12H2,1-2H3,(H,21,22). The van der Waals surface area contributed by atoms with Crippen molar-refractivity contribution >= 4 is 21.8 Å². The van der Waals surface area contributed by atoms with Crippen LogP contribution in [0.5, 0.6) is 0 Å². The number of amides is 1. The number of hydrogen-bond acceptors (Lipinski definition) is 1. The Morgan fingerprint density at radius 2 is 1.64 bits per heavy atom. The van der Waals surface area contributed by atoms with Crippen LogP contribution in [0.4, 0.5) is 0 Å². The van der Waals surface area contributed by atoms with Crippen molar-refractivity contribution in [2.75, 3.05) is 0 Å². The number of rotatable bonds is 2. The van der Waals surface area contributed by atoms with Crippen LogP contribution in [0.2, 0.25) is 0 Å². The third kappa shape index (κ3) is 2.42. The maximum atomic E-state index is 12.7. The molecule has 5 rings (SSSR count). The maximum Gasteiger partial charge on any atom is 0.251 e. The van der Waals surface area contributed by atoms with Gasteiger partial charge in [0, 0.05) is 15.6 Å². The van der Waals surface area contributed by atoms with Crippen LogP contribution in [-0.4, -0.2) is 11.4 Å². The summed E-state index contributed by atoms with van der Waals surface area (Å²) in [5.74, 6) is 0.901. The van der Waals surface area contributed by atoms with E-state index >= 15 is 0 Å². The largest absolute Gasteiger partial charge is 0.347 e. The van der Waals surface area contributed by atoms with E-state index < -0.39 is 0 Å². The Bertz CT molecular complexity index is 605. The van der Waals surface area contributed by atoms with Gasteiger partial charge in [0.25, 0.3) is 5.91 Å². The fraction of sp³-hybridized carbons (Fsp3) is 0.632. The molecule has 2 atom stereocenters. The number of carbonyl (C=O) groups is 1. The summed E-state index contributed by atoms with van der Waals surface area (Å²) in [4.78, 5) is 12.7. The lowest BCUT2D eigenvalue weighted by Gasteiger charge is -2.65. The summed E-state index contributed by atoms with van der Waals surface area (Å²) in [6, 6.07) is 7.70. The SMILES string of the molecule is CC12CC3CC(C)(C1)CC(NC(=O)c1ccc(Br)cc1)(C3)C2. The van der Waals surface area contributed by atoms with Gasteiger partial charge in [-0.2, -0.15) is 0 Å². The Morgan fingerprint density at radius 3 is 2.18 bits per heavy atom. The topological polar surface area (TPSA) is 29.1 Å². The molecule has 1 aromatic carbocycles. The molecule has 0 spiro atoms. The zero-order valence-corrected chi connectivity index (χ0v) is 15.0. The third-order valence-electron chi connectivity index (χ3n) is 6.11. The molecule has 2 unspecified atom stereocenters. The fourth-order valence-electron chi connectivity index (χ4n) is 6.50. The highest BCUT2D eigenvalue weighted by atomic mass is 79.9. The number of carbonyl (C=O) groups excluding carboxylic acids is 1. The molecule has 0 heterocycles. The minimum absolute atomic E-state index is 0.0348. The van der Waals surface area contributed by atoms with Crippen LogP contribution < -0.4 is 5.32 Å². The summed E-state index contributed by atoms with van der Waals surface area (Å²) in [6.07, 6.45) is 7.56. The highest BCUT2D eigenvalue weighted by Gasteiger charge is 2.60. The Kier molecular flexibility index (Phi) is 3.08. The Hall–Kier alpha value is -0.830. The van der Waals surface area contributed by atoms with Gasteiger partial charge in [0.05, 0.1) is 0 Å². The normalized spacial score (nSPS) is 42.4. The van der Waals surface area contributed by atoms with E-state index in [0.717, 1.165) is 28.8 Å². The van der Waals surface area contributed by atoms with E-state index in [-0.39, 0.29) is 11.4 Å². The van der Waals surface area contributed by atoms with Gasteiger partial charge in [-0.3, -0.25) is 4.79 Å². The molecule has 4 fully saturated rings. The number of benzene rings is 1. The second-order valence-electron chi connectivity index (χ2n) is 8.87. The molecule has 1 aromatic rings. The van der Waals surface area contributed by atoms with Crippen molar-refractivity contribution in [2.24, 2.45) is 16.7 Å². The van der Waals surface area contributed by atoms with Gasteiger partial charge in [-0.05, 0) is 79.5 Å². The van der Waals surface area contributed by atoms with Gasteiger partial charge in [-0.15, -0.1) is 0 Å². The van der Waals surface area contributed by atoms with Gasteiger partial charge < -0.3 is 5.32 Å². The van der Waals surface area contributed by atoms with Gasteiger partial charge in [-0.1, -0.05) is 29.8 Å². The van der Waals surface area contributed by atoms with E-state index in [4.69, 9.17) is 0 Å². The molecule has 2 nitrogen and oxygen atoms in total. The first kappa shape index (κ1) is 14.7. The molecule has 0 aromatic heterocycles. The predicted octanol–water partition coefficient (Wildman–Crippen LogP) is 4.93. The average Bonchev–Trinajstić information content (AvgIpc) is 2.34. The minimum atomic E-state index is 0.0348. The van der Waals surface area contributed by atoms with E-state index in [9.17, 15) is 4.79 Å². The first-order chi connectivity index (χ1) is 10.3. The minimum Gasteiger partial charge on any atom is -0.347 e. The zero-order chi connectivity index (χ0) is 15.6. The van der Waals surface area contributed by atoms with Gasteiger partial charge >= 0.3 is 0 Å². The summed E-state index contributed by atoms with van der Waals surface area (Å²) in [5.41, 5.74) is 1.67. The van der Waals surface area contributed by atoms with Gasteiger partial charge in [0.2, 0.25) is 0 Å². The third-order valence-corrected chi connectivity index (χ3v) is 6.64. The van der Waals surface area contributed by atoms with Crippen LogP contribution in [0.25, 0.3) is 0 Å². The number of nitrogens with one attached hydrogen (secondary N) is 1. The quantitative estimate of drug-likeness (QED) is 0.794. The Labute approximate surface area is 141 Å². The van der Waals surface area contributed by atoms with Crippen molar-refractivity contribution in [3.63, 3.8) is 0 Å². The highest BCUT2D eigenvalue weighted by Crippen LogP contribution is 2.66. The second-order valence-corrected chi connectivity index (χ2v) is 9.79. The lowest BCUT2D eigenvalue weighted by atomic mass is 9.43. The molecule has 4 aliphatic rings. The predicted molar refractivity (Wildman–Crippen MR) is 91.7 cm³/mol. The molecule has 4 aliphatic carbocycles. The van der Waals surface area contributed by atoms with Crippen molar-refractivity contribution in [2.45, 2.75) is 57.9 Å². The van der Waals surface area contributed by atoms with Crippen LogP contribution in [0.15, 0.2) is 28.7 Å².